The number of ether oxygens (including phenoxy) is 2. The van der Waals surface area contributed by atoms with Crippen LogP contribution in [0.5, 0.6) is 5.75 Å². The van der Waals surface area contributed by atoms with Crippen LogP contribution in [-0.4, -0.2) is 44.9 Å². The summed E-state index contributed by atoms with van der Waals surface area (Å²) >= 11 is 1.79. The van der Waals surface area contributed by atoms with Crippen LogP contribution in [0.25, 0.3) is 0 Å². The molecule has 1 aliphatic heterocycles. The van der Waals surface area contributed by atoms with Crippen molar-refractivity contribution in [3.63, 3.8) is 0 Å². The molecule has 0 aliphatic carbocycles. The van der Waals surface area contributed by atoms with E-state index < -0.39 is 0 Å². The molecular formula is C12H19NO2S. The molecule has 1 aromatic rings. The van der Waals surface area contributed by atoms with E-state index in [0.717, 1.165) is 38.5 Å². The Bertz CT molecular complexity index is 308. The van der Waals surface area contributed by atoms with Gasteiger partial charge in [0.1, 0.15) is 5.75 Å². The summed E-state index contributed by atoms with van der Waals surface area (Å²) in [5.41, 5.74) is 0. The Morgan fingerprint density at radius 1 is 1.44 bits per heavy atom. The zero-order valence-electron chi connectivity index (χ0n) is 9.78. The van der Waals surface area contributed by atoms with Gasteiger partial charge >= 0.3 is 0 Å². The van der Waals surface area contributed by atoms with Crippen molar-refractivity contribution in [2.45, 2.75) is 12.8 Å². The summed E-state index contributed by atoms with van der Waals surface area (Å²) in [6.07, 6.45) is 2.33. The lowest BCUT2D eigenvalue weighted by atomic mass is 10.2. The van der Waals surface area contributed by atoms with E-state index in [4.69, 9.17) is 9.47 Å². The van der Waals surface area contributed by atoms with Gasteiger partial charge in [0.15, 0.2) is 0 Å². The van der Waals surface area contributed by atoms with Crippen molar-refractivity contribution in [2.75, 3.05) is 40.0 Å². The number of hydrogen-bond donors (Lipinski definition) is 0. The average molecular weight is 241 g/mol. The van der Waals surface area contributed by atoms with Crippen LogP contribution in [0.4, 0.5) is 0 Å². The van der Waals surface area contributed by atoms with Gasteiger partial charge in [-0.25, -0.2) is 0 Å². The SMILES string of the molecule is COc1ccsc1CCCN1CCOCC1. The molecule has 0 saturated carbocycles. The van der Waals surface area contributed by atoms with Crippen molar-refractivity contribution >= 4 is 11.3 Å². The predicted molar refractivity (Wildman–Crippen MR) is 66.5 cm³/mol. The highest BCUT2D eigenvalue weighted by atomic mass is 32.1. The molecule has 0 N–H and O–H groups in total. The third-order valence-corrected chi connectivity index (χ3v) is 3.87. The minimum Gasteiger partial charge on any atom is -0.496 e. The molecule has 2 rings (SSSR count). The third-order valence-electron chi connectivity index (χ3n) is 2.91. The summed E-state index contributed by atoms with van der Waals surface area (Å²) in [4.78, 5) is 3.85. The van der Waals surface area contributed by atoms with Crippen LogP contribution in [0.15, 0.2) is 11.4 Å². The molecule has 1 aromatic heterocycles. The highest BCUT2D eigenvalue weighted by molar-refractivity contribution is 7.10. The summed E-state index contributed by atoms with van der Waals surface area (Å²) in [6.45, 7) is 5.12. The summed E-state index contributed by atoms with van der Waals surface area (Å²) < 4.78 is 10.6. The molecule has 3 nitrogen and oxygen atoms in total. The predicted octanol–water partition coefficient (Wildman–Crippen LogP) is 2.02. The molecule has 0 spiro atoms. The Hall–Kier alpha value is -0.580. The van der Waals surface area contributed by atoms with Crippen molar-refractivity contribution < 1.29 is 9.47 Å². The maximum atomic E-state index is 5.33. The molecule has 0 atom stereocenters. The summed E-state index contributed by atoms with van der Waals surface area (Å²) in [7, 11) is 1.74. The van der Waals surface area contributed by atoms with Gasteiger partial charge in [-0.2, -0.15) is 0 Å². The molecule has 16 heavy (non-hydrogen) atoms. The Morgan fingerprint density at radius 2 is 2.25 bits per heavy atom. The first-order valence-corrected chi connectivity index (χ1v) is 6.68. The smallest absolute Gasteiger partial charge is 0.132 e. The average Bonchev–Trinajstić information content (AvgIpc) is 2.78. The molecule has 4 heteroatoms. The number of aryl methyl sites for hydroxylation is 1. The van der Waals surface area contributed by atoms with Crippen molar-refractivity contribution in [2.24, 2.45) is 0 Å². The van der Waals surface area contributed by atoms with Crippen LogP contribution < -0.4 is 4.74 Å². The van der Waals surface area contributed by atoms with Crippen LogP contribution >= 0.6 is 11.3 Å². The van der Waals surface area contributed by atoms with Crippen LogP contribution in [0.3, 0.4) is 0 Å². The van der Waals surface area contributed by atoms with E-state index in [-0.39, 0.29) is 0 Å². The van der Waals surface area contributed by atoms with Crippen molar-refractivity contribution in [1.29, 1.82) is 0 Å². The van der Waals surface area contributed by atoms with Gasteiger partial charge in [0.25, 0.3) is 0 Å². The maximum Gasteiger partial charge on any atom is 0.132 e. The van der Waals surface area contributed by atoms with Gasteiger partial charge < -0.3 is 9.47 Å². The molecule has 0 radical (unpaired) electrons. The monoisotopic (exact) mass is 241 g/mol. The highest BCUT2D eigenvalue weighted by Crippen LogP contribution is 2.25. The molecule has 90 valence electrons. The summed E-state index contributed by atoms with van der Waals surface area (Å²) in [6, 6.07) is 2.05. The first kappa shape index (κ1) is 11.9. The number of thiophene rings is 1. The van der Waals surface area contributed by atoms with Crippen LogP contribution in [0, 0.1) is 0 Å². The fraction of sp³-hybridized carbons (Fsp3) is 0.667. The molecular weight excluding hydrogens is 222 g/mol. The van der Waals surface area contributed by atoms with Gasteiger partial charge in [-0.1, -0.05) is 0 Å². The zero-order valence-corrected chi connectivity index (χ0v) is 10.6. The first-order valence-electron chi connectivity index (χ1n) is 5.80. The Labute approximate surface area is 101 Å². The second kappa shape index (κ2) is 6.23. The Balaban J connectivity index is 1.71. The van der Waals surface area contributed by atoms with Crippen molar-refractivity contribution in [3.05, 3.63) is 16.3 Å². The standard InChI is InChI=1S/C12H19NO2S/c1-14-11-4-10-16-12(11)3-2-5-13-6-8-15-9-7-13/h4,10H,2-3,5-9H2,1H3. The number of hydrogen-bond acceptors (Lipinski definition) is 4. The number of nitrogens with zero attached hydrogens (tertiary/aromatic N) is 1. The zero-order chi connectivity index (χ0) is 11.2. The molecule has 2 heterocycles. The topological polar surface area (TPSA) is 21.7 Å². The normalized spacial score (nSPS) is 17.6. The fourth-order valence-electron chi connectivity index (χ4n) is 1.98. The minimum atomic E-state index is 0.891. The van der Waals surface area contributed by atoms with E-state index in [1.54, 1.807) is 18.4 Å². The van der Waals surface area contributed by atoms with Crippen LogP contribution in [0.1, 0.15) is 11.3 Å². The van der Waals surface area contributed by atoms with Gasteiger partial charge in [-0.05, 0) is 30.8 Å². The van der Waals surface area contributed by atoms with Gasteiger partial charge in [0.05, 0.1) is 20.3 Å². The van der Waals surface area contributed by atoms with Gasteiger partial charge in [-0.15, -0.1) is 11.3 Å². The van der Waals surface area contributed by atoms with E-state index in [1.165, 1.54) is 17.8 Å². The summed E-state index contributed by atoms with van der Waals surface area (Å²) in [5, 5.41) is 2.10. The second-order valence-corrected chi connectivity index (χ2v) is 4.97. The molecule has 0 unspecified atom stereocenters. The number of methoxy groups -OCH3 is 1. The lowest BCUT2D eigenvalue weighted by molar-refractivity contribution is 0.0375. The maximum absolute atomic E-state index is 5.33. The number of morpholine rings is 1. The van der Waals surface area contributed by atoms with Crippen molar-refractivity contribution in [3.8, 4) is 5.75 Å². The molecule has 1 fully saturated rings. The van der Waals surface area contributed by atoms with Gasteiger partial charge in [0.2, 0.25) is 0 Å². The van der Waals surface area contributed by atoms with Crippen LogP contribution in [0.2, 0.25) is 0 Å². The van der Waals surface area contributed by atoms with E-state index in [1.807, 2.05) is 0 Å². The van der Waals surface area contributed by atoms with E-state index in [2.05, 4.69) is 16.3 Å². The number of rotatable bonds is 5. The molecule has 1 saturated heterocycles. The first-order chi connectivity index (χ1) is 7.90. The third kappa shape index (κ3) is 3.20. The lowest BCUT2D eigenvalue weighted by Gasteiger charge is -2.26. The highest BCUT2D eigenvalue weighted by Gasteiger charge is 2.10. The minimum absolute atomic E-state index is 0.891. The van der Waals surface area contributed by atoms with Gasteiger partial charge in [-0.3, -0.25) is 4.90 Å². The van der Waals surface area contributed by atoms with Gasteiger partial charge in [0, 0.05) is 18.0 Å². The second-order valence-electron chi connectivity index (χ2n) is 3.97. The van der Waals surface area contributed by atoms with E-state index in [0.29, 0.717) is 0 Å². The van der Waals surface area contributed by atoms with Crippen LogP contribution in [-0.2, 0) is 11.2 Å². The quantitative estimate of drug-likeness (QED) is 0.787. The largest absolute Gasteiger partial charge is 0.496 e. The molecule has 0 bridgehead atoms. The molecule has 0 aromatic carbocycles. The molecule has 0 amide bonds. The van der Waals surface area contributed by atoms with E-state index in [9.17, 15) is 0 Å². The lowest BCUT2D eigenvalue weighted by Crippen LogP contribution is -2.36. The Morgan fingerprint density at radius 3 is 3.00 bits per heavy atom. The Kier molecular flexibility index (Phi) is 4.63. The summed E-state index contributed by atoms with van der Waals surface area (Å²) in [5.74, 6) is 1.05. The van der Waals surface area contributed by atoms with E-state index >= 15 is 0 Å². The van der Waals surface area contributed by atoms with Crippen molar-refractivity contribution in [1.82, 2.24) is 4.90 Å². The molecule has 1 aliphatic rings. The fourth-order valence-corrected chi connectivity index (χ4v) is 2.87.